The molecule has 30 heavy (non-hydrogen) atoms. The van der Waals surface area contributed by atoms with Gasteiger partial charge in [-0.05, 0) is 36.4 Å². The number of rotatable bonds is 6. The van der Waals surface area contributed by atoms with Crippen molar-refractivity contribution in [1.82, 2.24) is 9.97 Å². The van der Waals surface area contributed by atoms with E-state index in [0.29, 0.717) is 11.6 Å². The van der Waals surface area contributed by atoms with Gasteiger partial charge in [0.15, 0.2) is 5.60 Å². The number of ether oxygens (including phenoxy) is 2. The van der Waals surface area contributed by atoms with E-state index in [1.807, 2.05) is 0 Å². The van der Waals surface area contributed by atoms with Gasteiger partial charge in [-0.15, -0.1) is 0 Å². The van der Waals surface area contributed by atoms with Crippen molar-refractivity contribution in [2.75, 3.05) is 6.61 Å². The Morgan fingerprint density at radius 2 is 1.70 bits per heavy atom. The van der Waals surface area contributed by atoms with Crippen LogP contribution in [0, 0.1) is 11.6 Å². The Labute approximate surface area is 166 Å². The second kappa shape index (κ2) is 7.28. The summed E-state index contributed by atoms with van der Waals surface area (Å²) in [5.74, 6) is -5.86. The second-order valence-corrected chi connectivity index (χ2v) is 6.50. The first-order chi connectivity index (χ1) is 14.2. The number of aromatic nitrogens is 2. The molecule has 1 aliphatic rings. The molecule has 10 heteroatoms. The lowest BCUT2D eigenvalue weighted by Crippen LogP contribution is -2.34. The van der Waals surface area contributed by atoms with E-state index in [0.717, 1.165) is 24.5 Å². The van der Waals surface area contributed by atoms with Crippen molar-refractivity contribution in [3.05, 3.63) is 77.8 Å². The highest BCUT2D eigenvalue weighted by atomic mass is 19.3. The number of benzene rings is 2. The summed E-state index contributed by atoms with van der Waals surface area (Å²) in [4.78, 5) is 7.67. The lowest BCUT2D eigenvalue weighted by atomic mass is 9.90. The molecular weight excluding hydrogens is 414 g/mol. The first-order valence-electron chi connectivity index (χ1n) is 8.58. The van der Waals surface area contributed by atoms with Gasteiger partial charge in [-0.25, -0.2) is 8.78 Å². The van der Waals surface area contributed by atoms with E-state index in [-0.39, 0.29) is 11.4 Å². The molecule has 4 nitrogen and oxygen atoms in total. The van der Waals surface area contributed by atoms with Gasteiger partial charge in [0.1, 0.15) is 23.1 Å². The topological polar surface area (TPSA) is 47.5 Å². The van der Waals surface area contributed by atoms with Gasteiger partial charge >= 0.3 is 12.5 Å². The summed E-state index contributed by atoms with van der Waals surface area (Å²) in [6.07, 6.45) is 1.90. The average Bonchev–Trinajstić information content (AvgIpc) is 3.50. The molecule has 4 rings (SSSR count). The highest BCUT2D eigenvalue weighted by Crippen LogP contribution is 2.56. The van der Waals surface area contributed by atoms with Gasteiger partial charge in [-0.2, -0.15) is 17.6 Å². The van der Waals surface area contributed by atoms with Crippen molar-refractivity contribution in [3.8, 4) is 17.0 Å². The van der Waals surface area contributed by atoms with Gasteiger partial charge in [0.2, 0.25) is 0 Å². The lowest BCUT2D eigenvalue weighted by molar-refractivity contribution is -0.0904. The van der Waals surface area contributed by atoms with Gasteiger partial charge in [-0.1, -0.05) is 0 Å². The summed E-state index contributed by atoms with van der Waals surface area (Å²) in [7, 11) is 0. The molecule has 0 spiro atoms. The third kappa shape index (κ3) is 3.47. The fourth-order valence-electron chi connectivity index (χ4n) is 3.05. The van der Waals surface area contributed by atoms with Crippen molar-refractivity contribution in [1.29, 1.82) is 0 Å². The number of epoxide rings is 1. The molecule has 1 atom stereocenters. The third-order valence-corrected chi connectivity index (χ3v) is 4.66. The zero-order valence-corrected chi connectivity index (χ0v) is 15.0. The zero-order chi connectivity index (χ0) is 21.5. The molecule has 2 aromatic carbocycles. The van der Waals surface area contributed by atoms with Crippen LogP contribution in [0.15, 0.2) is 54.9 Å². The molecule has 0 bridgehead atoms. The van der Waals surface area contributed by atoms with Gasteiger partial charge < -0.3 is 9.47 Å². The van der Waals surface area contributed by atoms with Crippen LogP contribution in [0.3, 0.4) is 0 Å². The standard InChI is InChI=1S/C20H12F6N2O2/c21-12-3-6-14(15(22)7-12)19(10-29-19)20(25,26)17-9-27-16(8-28-17)11-1-4-13(5-2-11)30-18(23)24/h1-9,18H,10H2. The SMILES string of the molecule is Fc1ccc(C2(C(F)(F)c3cnc(-c4ccc(OC(F)F)cc4)cn3)CO2)c(F)c1. The number of alkyl halides is 4. The molecule has 1 aromatic heterocycles. The Morgan fingerprint density at radius 3 is 2.23 bits per heavy atom. The maximum absolute atomic E-state index is 15.1. The third-order valence-electron chi connectivity index (χ3n) is 4.66. The van der Waals surface area contributed by atoms with Crippen LogP contribution in [-0.4, -0.2) is 23.2 Å². The molecule has 156 valence electrons. The molecular formula is C20H12F6N2O2. The van der Waals surface area contributed by atoms with Crippen LogP contribution >= 0.6 is 0 Å². The van der Waals surface area contributed by atoms with E-state index in [1.54, 1.807) is 0 Å². The van der Waals surface area contributed by atoms with Crippen molar-refractivity contribution < 1.29 is 35.8 Å². The van der Waals surface area contributed by atoms with Gasteiger partial charge in [0, 0.05) is 17.2 Å². The molecule has 1 unspecified atom stereocenters. The van der Waals surface area contributed by atoms with E-state index in [9.17, 15) is 17.6 Å². The monoisotopic (exact) mass is 426 g/mol. The Kier molecular flexibility index (Phi) is 4.89. The smallest absolute Gasteiger partial charge is 0.387 e. The Morgan fingerprint density at radius 1 is 1.00 bits per heavy atom. The van der Waals surface area contributed by atoms with Crippen molar-refractivity contribution in [3.63, 3.8) is 0 Å². The maximum Gasteiger partial charge on any atom is 0.387 e. The normalized spacial score (nSPS) is 18.5. The molecule has 0 aliphatic carbocycles. The average molecular weight is 426 g/mol. The minimum atomic E-state index is -3.74. The number of hydrogen-bond donors (Lipinski definition) is 0. The minimum Gasteiger partial charge on any atom is -0.435 e. The molecule has 0 amide bonds. The lowest BCUT2D eigenvalue weighted by Gasteiger charge is -2.24. The quantitative estimate of drug-likeness (QED) is 0.409. The predicted molar refractivity (Wildman–Crippen MR) is 92.0 cm³/mol. The predicted octanol–water partition coefficient (Wildman–Crippen LogP) is 5.04. The summed E-state index contributed by atoms with van der Waals surface area (Å²) in [6, 6.07) is 7.67. The highest BCUT2D eigenvalue weighted by molar-refractivity contribution is 5.59. The van der Waals surface area contributed by atoms with Gasteiger partial charge in [0.05, 0.1) is 24.7 Å². The van der Waals surface area contributed by atoms with Crippen LogP contribution in [0.25, 0.3) is 11.3 Å². The summed E-state index contributed by atoms with van der Waals surface area (Å²) < 4.78 is 91.0. The van der Waals surface area contributed by atoms with Crippen LogP contribution in [0.4, 0.5) is 26.3 Å². The molecule has 3 aromatic rings. The molecule has 1 aliphatic heterocycles. The van der Waals surface area contributed by atoms with E-state index in [1.165, 1.54) is 24.3 Å². The molecule has 0 saturated carbocycles. The number of nitrogens with zero attached hydrogens (tertiary/aromatic N) is 2. The minimum absolute atomic E-state index is 0.0704. The van der Waals surface area contributed by atoms with Crippen molar-refractivity contribution in [2.45, 2.75) is 18.1 Å². The summed E-state index contributed by atoms with van der Waals surface area (Å²) >= 11 is 0. The van der Waals surface area contributed by atoms with E-state index >= 15 is 8.78 Å². The van der Waals surface area contributed by atoms with E-state index < -0.39 is 47.6 Å². The summed E-state index contributed by atoms with van der Waals surface area (Å²) in [5.41, 5.74) is -2.90. The fourth-order valence-corrected chi connectivity index (χ4v) is 3.05. The van der Waals surface area contributed by atoms with Gasteiger partial charge in [0.25, 0.3) is 0 Å². The van der Waals surface area contributed by atoms with Crippen LogP contribution in [-0.2, 0) is 16.3 Å². The summed E-state index contributed by atoms with van der Waals surface area (Å²) in [5, 5.41) is 0. The highest BCUT2D eigenvalue weighted by Gasteiger charge is 2.68. The first-order valence-corrected chi connectivity index (χ1v) is 8.58. The Balaban J connectivity index is 1.60. The second-order valence-electron chi connectivity index (χ2n) is 6.50. The molecule has 0 radical (unpaired) electrons. The van der Waals surface area contributed by atoms with Crippen LogP contribution in [0.1, 0.15) is 11.3 Å². The van der Waals surface area contributed by atoms with Crippen LogP contribution in [0.2, 0.25) is 0 Å². The van der Waals surface area contributed by atoms with E-state index in [4.69, 9.17) is 4.74 Å². The largest absolute Gasteiger partial charge is 0.435 e. The maximum atomic E-state index is 15.1. The molecule has 0 N–H and O–H groups in total. The number of hydrogen-bond acceptors (Lipinski definition) is 4. The van der Waals surface area contributed by atoms with Crippen molar-refractivity contribution in [2.24, 2.45) is 0 Å². The molecule has 1 saturated heterocycles. The molecule has 1 fully saturated rings. The first kappa shape index (κ1) is 20.1. The van der Waals surface area contributed by atoms with Crippen LogP contribution in [0.5, 0.6) is 5.75 Å². The fraction of sp³-hybridized carbons (Fsp3) is 0.200. The van der Waals surface area contributed by atoms with Crippen molar-refractivity contribution >= 4 is 0 Å². The summed E-state index contributed by atoms with van der Waals surface area (Å²) in [6.45, 7) is -3.45. The Hall–Kier alpha value is -3.14. The zero-order valence-electron chi connectivity index (χ0n) is 15.0. The Bertz CT molecular complexity index is 1050. The van der Waals surface area contributed by atoms with Crippen LogP contribution < -0.4 is 4.74 Å². The molecule has 2 heterocycles. The van der Waals surface area contributed by atoms with E-state index in [2.05, 4.69) is 14.7 Å². The number of halogens is 6. The van der Waals surface area contributed by atoms with Gasteiger partial charge in [-0.3, -0.25) is 9.97 Å².